The predicted molar refractivity (Wildman–Crippen MR) is 90.5 cm³/mol. The summed E-state index contributed by atoms with van der Waals surface area (Å²) in [5.41, 5.74) is 4.32. The molecule has 134 valence electrons. The minimum absolute atomic E-state index is 0.0000895. The van der Waals surface area contributed by atoms with Crippen molar-refractivity contribution in [2.75, 3.05) is 33.9 Å². The maximum Gasteiger partial charge on any atom is 0.236 e. The van der Waals surface area contributed by atoms with Crippen LogP contribution in [-0.2, 0) is 17.8 Å². The minimum atomic E-state index is -0.219. The predicted octanol–water partition coefficient (Wildman–Crippen LogP) is 0.936. The van der Waals surface area contributed by atoms with E-state index in [0.717, 1.165) is 44.0 Å². The van der Waals surface area contributed by atoms with Gasteiger partial charge in [-0.25, -0.2) is 0 Å². The molecule has 1 amide bonds. The number of carbonyl (C=O) groups is 1. The molecule has 1 atom stereocenters. The number of nitrogens with zero attached hydrogens (tertiary/aromatic N) is 1. The van der Waals surface area contributed by atoms with Gasteiger partial charge in [0.05, 0.1) is 20.8 Å². The molecule has 2 rings (SSSR count). The third-order valence-corrected chi connectivity index (χ3v) is 4.20. The molecule has 24 heavy (non-hydrogen) atoms. The molecule has 1 aliphatic rings. The average molecular weight is 337 g/mol. The number of benzene rings is 1. The lowest BCUT2D eigenvalue weighted by Gasteiger charge is -2.25. The van der Waals surface area contributed by atoms with E-state index in [4.69, 9.17) is 14.7 Å². The van der Waals surface area contributed by atoms with Crippen molar-refractivity contribution in [2.24, 2.45) is 0 Å². The second-order valence-corrected chi connectivity index (χ2v) is 6.11. The standard InChI is InChI=1S/C17H27N3O4/c1-12(19-17(21)9-18-22)10-20-6-4-5-15-13(11-20)7-14(23-2)8-16(15)24-3/h7-8,12,18,22H,4-6,9-11H2,1-3H3,(H,19,21)/t12-/m0/s1. The van der Waals surface area contributed by atoms with Gasteiger partial charge in [0.15, 0.2) is 0 Å². The van der Waals surface area contributed by atoms with Crippen molar-refractivity contribution in [3.63, 3.8) is 0 Å². The van der Waals surface area contributed by atoms with Crippen molar-refractivity contribution in [1.82, 2.24) is 15.7 Å². The maximum atomic E-state index is 11.5. The molecule has 0 radical (unpaired) electrons. The number of hydroxylamine groups is 1. The van der Waals surface area contributed by atoms with Gasteiger partial charge in [0.2, 0.25) is 5.91 Å². The number of nitrogens with one attached hydrogen (secondary N) is 2. The fourth-order valence-electron chi connectivity index (χ4n) is 3.19. The van der Waals surface area contributed by atoms with Crippen LogP contribution in [0.4, 0.5) is 0 Å². The molecule has 7 heteroatoms. The number of hydrogen-bond acceptors (Lipinski definition) is 6. The van der Waals surface area contributed by atoms with Crippen molar-refractivity contribution in [3.05, 3.63) is 23.3 Å². The highest BCUT2D eigenvalue weighted by atomic mass is 16.5. The normalized spacial score (nSPS) is 16.0. The van der Waals surface area contributed by atoms with Crippen LogP contribution in [0.5, 0.6) is 11.5 Å². The van der Waals surface area contributed by atoms with Crippen LogP contribution in [0.3, 0.4) is 0 Å². The van der Waals surface area contributed by atoms with Gasteiger partial charge in [-0.3, -0.25) is 9.69 Å². The van der Waals surface area contributed by atoms with E-state index in [-0.39, 0.29) is 18.5 Å². The first-order chi connectivity index (χ1) is 11.6. The molecule has 3 N–H and O–H groups in total. The van der Waals surface area contributed by atoms with E-state index in [1.807, 2.05) is 18.5 Å². The summed E-state index contributed by atoms with van der Waals surface area (Å²) in [6, 6.07) is 3.99. The number of rotatable bonds is 7. The van der Waals surface area contributed by atoms with Gasteiger partial charge in [0.1, 0.15) is 11.5 Å². The highest BCUT2D eigenvalue weighted by Crippen LogP contribution is 2.32. The van der Waals surface area contributed by atoms with Crippen LogP contribution in [-0.4, -0.2) is 55.9 Å². The Morgan fingerprint density at radius 3 is 2.83 bits per heavy atom. The number of carbonyl (C=O) groups excluding carboxylic acids is 1. The zero-order chi connectivity index (χ0) is 17.5. The molecule has 0 aliphatic carbocycles. The molecule has 1 aromatic carbocycles. The summed E-state index contributed by atoms with van der Waals surface area (Å²) in [6.45, 7) is 4.37. The van der Waals surface area contributed by atoms with Crippen LogP contribution >= 0.6 is 0 Å². The monoisotopic (exact) mass is 337 g/mol. The van der Waals surface area contributed by atoms with E-state index >= 15 is 0 Å². The lowest BCUT2D eigenvalue weighted by Crippen LogP contribution is -2.44. The fourth-order valence-corrected chi connectivity index (χ4v) is 3.19. The van der Waals surface area contributed by atoms with Gasteiger partial charge in [0, 0.05) is 25.2 Å². The fraction of sp³-hybridized carbons (Fsp3) is 0.588. The van der Waals surface area contributed by atoms with Crippen LogP contribution in [0.15, 0.2) is 12.1 Å². The van der Waals surface area contributed by atoms with Crippen LogP contribution < -0.4 is 20.3 Å². The lowest BCUT2D eigenvalue weighted by atomic mass is 10.0. The quantitative estimate of drug-likeness (QED) is 0.642. The Balaban J connectivity index is 2.07. The molecular weight excluding hydrogens is 310 g/mol. The number of fused-ring (bicyclic) bond motifs is 1. The number of ether oxygens (including phenoxy) is 2. The van der Waals surface area contributed by atoms with Gasteiger partial charge in [-0.2, -0.15) is 5.48 Å². The second-order valence-electron chi connectivity index (χ2n) is 6.11. The van der Waals surface area contributed by atoms with Crippen LogP contribution in [0, 0.1) is 0 Å². The van der Waals surface area contributed by atoms with E-state index in [9.17, 15) is 4.79 Å². The topological polar surface area (TPSA) is 83.1 Å². The Bertz CT molecular complexity index is 565. The first-order valence-corrected chi connectivity index (χ1v) is 8.19. The summed E-state index contributed by atoms with van der Waals surface area (Å²) >= 11 is 0. The zero-order valence-corrected chi connectivity index (χ0v) is 14.6. The van der Waals surface area contributed by atoms with Crippen molar-refractivity contribution >= 4 is 5.91 Å². The van der Waals surface area contributed by atoms with E-state index in [2.05, 4.69) is 16.3 Å². The Morgan fingerprint density at radius 2 is 2.17 bits per heavy atom. The Labute approximate surface area is 142 Å². The SMILES string of the molecule is COc1cc2c(c(OC)c1)CCCN(C[C@H](C)NC(=O)CNO)C2. The van der Waals surface area contributed by atoms with Crippen molar-refractivity contribution < 1.29 is 19.5 Å². The molecule has 0 fully saturated rings. The largest absolute Gasteiger partial charge is 0.497 e. The molecule has 0 bridgehead atoms. The van der Waals surface area contributed by atoms with E-state index < -0.39 is 0 Å². The van der Waals surface area contributed by atoms with E-state index in [1.165, 1.54) is 11.1 Å². The first kappa shape index (κ1) is 18.5. The average Bonchev–Trinajstić information content (AvgIpc) is 2.75. The molecule has 1 heterocycles. The molecule has 0 spiro atoms. The third kappa shape index (κ3) is 4.83. The van der Waals surface area contributed by atoms with E-state index in [1.54, 1.807) is 14.2 Å². The minimum Gasteiger partial charge on any atom is -0.497 e. The zero-order valence-electron chi connectivity index (χ0n) is 14.6. The Hall–Kier alpha value is -1.83. The second kappa shape index (κ2) is 8.86. The van der Waals surface area contributed by atoms with Gasteiger partial charge >= 0.3 is 0 Å². The molecule has 7 nitrogen and oxygen atoms in total. The van der Waals surface area contributed by atoms with Gasteiger partial charge in [-0.1, -0.05) is 0 Å². The molecule has 0 saturated heterocycles. The summed E-state index contributed by atoms with van der Waals surface area (Å²) < 4.78 is 10.9. The summed E-state index contributed by atoms with van der Waals surface area (Å²) in [7, 11) is 3.34. The molecule has 0 aromatic heterocycles. The Kier molecular flexibility index (Phi) is 6.84. The van der Waals surface area contributed by atoms with Crippen molar-refractivity contribution in [1.29, 1.82) is 0 Å². The van der Waals surface area contributed by atoms with Crippen molar-refractivity contribution in [2.45, 2.75) is 32.4 Å². The summed E-state index contributed by atoms with van der Waals surface area (Å²) in [4.78, 5) is 13.9. The van der Waals surface area contributed by atoms with Crippen LogP contribution in [0.25, 0.3) is 0 Å². The molecule has 1 aliphatic heterocycles. The highest BCUT2D eigenvalue weighted by Gasteiger charge is 2.20. The number of methoxy groups -OCH3 is 2. The van der Waals surface area contributed by atoms with Crippen LogP contribution in [0.2, 0.25) is 0 Å². The van der Waals surface area contributed by atoms with E-state index in [0.29, 0.717) is 0 Å². The summed E-state index contributed by atoms with van der Waals surface area (Å²) in [5, 5.41) is 11.4. The Morgan fingerprint density at radius 1 is 1.38 bits per heavy atom. The number of amides is 1. The number of hydrogen-bond donors (Lipinski definition) is 3. The molecule has 0 saturated carbocycles. The third-order valence-electron chi connectivity index (χ3n) is 4.20. The van der Waals surface area contributed by atoms with Gasteiger partial charge < -0.3 is 20.0 Å². The van der Waals surface area contributed by atoms with Crippen LogP contribution in [0.1, 0.15) is 24.5 Å². The molecule has 1 aromatic rings. The van der Waals surface area contributed by atoms with Gasteiger partial charge in [0.25, 0.3) is 0 Å². The molecular formula is C17H27N3O4. The lowest BCUT2D eigenvalue weighted by molar-refractivity contribution is -0.122. The van der Waals surface area contributed by atoms with Gasteiger partial charge in [-0.15, -0.1) is 0 Å². The maximum absolute atomic E-state index is 11.5. The summed E-state index contributed by atoms with van der Waals surface area (Å²) in [5.74, 6) is 1.45. The van der Waals surface area contributed by atoms with Crippen molar-refractivity contribution in [3.8, 4) is 11.5 Å². The summed E-state index contributed by atoms with van der Waals surface area (Å²) in [6.07, 6.45) is 2.00. The highest BCUT2D eigenvalue weighted by molar-refractivity contribution is 5.78. The first-order valence-electron chi connectivity index (χ1n) is 8.19. The van der Waals surface area contributed by atoms with Gasteiger partial charge in [-0.05, 0) is 43.5 Å². The molecule has 0 unspecified atom stereocenters. The smallest absolute Gasteiger partial charge is 0.236 e.